The molecular formula is C25H28BrN5O4. The average Bonchev–Trinajstić information content (AvgIpc) is 3.02. The van der Waals surface area contributed by atoms with Crippen LogP contribution in [0, 0.1) is 0 Å². The molecule has 0 unspecified atom stereocenters. The molecule has 0 aliphatic carbocycles. The Bertz CT molecular complexity index is 1210. The largest absolute Gasteiger partial charge is 0.497 e. The Morgan fingerprint density at radius 3 is 2.57 bits per heavy atom. The fourth-order valence-electron chi connectivity index (χ4n) is 4.03. The second-order valence-corrected chi connectivity index (χ2v) is 9.23. The molecule has 1 aliphatic rings. The maximum absolute atomic E-state index is 12.2. The van der Waals surface area contributed by atoms with Crippen LogP contribution >= 0.6 is 15.9 Å². The maximum atomic E-state index is 12.2. The second-order valence-electron chi connectivity index (χ2n) is 8.31. The zero-order chi connectivity index (χ0) is 24.6. The molecule has 0 spiro atoms. The molecule has 1 aromatic heterocycles. The molecule has 1 saturated heterocycles. The predicted octanol–water partition coefficient (Wildman–Crippen LogP) is 5.61. The van der Waals surface area contributed by atoms with E-state index in [0.29, 0.717) is 12.1 Å². The minimum Gasteiger partial charge on any atom is -0.497 e. The molecule has 1 amide bonds. The van der Waals surface area contributed by atoms with Gasteiger partial charge in [-0.25, -0.2) is 0 Å². The Labute approximate surface area is 212 Å². The number of amides is 1. The number of azo groups is 1. The number of benzene rings is 2. The lowest BCUT2D eigenvalue weighted by Crippen LogP contribution is -2.27. The Morgan fingerprint density at radius 2 is 1.86 bits per heavy atom. The Kier molecular flexibility index (Phi) is 8.49. The number of halogens is 1. The standard InChI is InChI=1S/C25H28BrN5O4/c1-34-20-9-6-18(7-10-20)15-27-35-16-23(32)28-29-24-21-14-19(26)8-11-22(21)31(25(24)33)17-30-12-4-2-3-5-13-30/h6-11,14-15,33H,2-5,12-13,16-17H2,1H3. The summed E-state index contributed by atoms with van der Waals surface area (Å²) in [5.74, 6) is 0.110. The van der Waals surface area contributed by atoms with Gasteiger partial charge in [0.25, 0.3) is 0 Å². The van der Waals surface area contributed by atoms with Crippen molar-refractivity contribution in [3.63, 3.8) is 0 Å². The van der Waals surface area contributed by atoms with Crippen LogP contribution in [0.5, 0.6) is 11.6 Å². The Balaban J connectivity index is 1.44. The molecule has 9 nitrogen and oxygen atoms in total. The number of hydrogen-bond acceptors (Lipinski definition) is 7. The van der Waals surface area contributed by atoms with E-state index in [1.807, 2.05) is 34.9 Å². The van der Waals surface area contributed by atoms with Gasteiger partial charge in [-0.05, 0) is 74.0 Å². The number of carbonyl (C=O) groups excluding carboxylic acids is 1. The molecule has 2 heterocycles. The van der Waals surface area contributed by atoms with Gasteiger partial charge in [0.1, 0.15) is 5.75 Å². The summed E-state index contributed by atoms with van der Waals surface area (Å²) in [7, 11) is 1.60. The van der Waals surface area contributed by atoms with E-state index in [9.17, 15) is 9.90 Å². The summed E-state index contributed by atoms with van der Waals surface area (Å²) in [4.78, 5) is 19.6. The first-order valence-corrected chi connectivity index (χ1v) is 12.3. The van der Waals surface area contributed by atoms with Gasteiger partial charge in [0.15, 0.2) is 12.3 Å². The first-order valence-electron chi connectivity index (χ1n) is 11.5. The number of oxime groups is 1. The van der Waals surface area contributed by atoms with E-state index in [1.54, 1.807) is 19.2 Å². The summed E-state index contributed by atoms with van der Waals surface area (Å²) in [5, 5.41) is 23.3. The summed E-state index contributed by atoms with van der Waals surface area (Å²) in [6.07, 6.45) is 6.25. The molecule has 1 N–H and O–H groups in total. The summed E-state index contributed by atoms with van der Waals surface area (Å²) >= 11 is 3.48. The smallest absolute Gasteiger partial charge is 0.304 e. The lowest BCUT2D eigenvalue weighted by molar-refractivity contribution is -0.122. The minimum absolute atomic E-state index is 0.0164. The van der Waals surface area contributed by atoms with Crippen molar-refractivity contribution in [1.29, 1.82) is 0 Å². The van der Waals surface area contributed by atoms with Crippen LogP contribution in [0.25, 0.3) is 10.9 Å². The van der Waals surface area contributed by atoms with Gasteiger partial charge in [0.2, 0.25) is 5.88 Å². The van der Waals surface area contributed by atoms with Gasteiger partial charge in [0, 0.05) is 9.86 Å². The summed E-state index contributed by atoms with van der Waals surface area (Å²) < 4.78 is 7.77. The van der Waals surface area contributed by atoms with Crippen molar-refractivity contribution in [1.82, 2.24) is 9.47 Å². The van der Waals surface area contributed by atoms with E-state index in [2.05, 4.69) is 36.2 Å². The molecule has 3 aromatic rings. The summed E-state index contributed by atoms with van der Waals surface area (Å²) in [5.41, 5.74) is 1.88. The van der Waals surface area contributed by atoms with Crippen molar-refractivity contribution < 1.29 is 19.5 Å². The van der Waals surface area contributed by atoms with Crippen LogP contribution in [0.3, 0.4) is 0 Å². The number of rotatable bonds is 8. The number of aromatic hydroxyl groups is 1. The van der Waals surface area contributed by atoms with Crippen LogP contribution in [-0.4, -0.2) is 53.5 Å². The lowest BCUT2D eigenvalue weighted by Gasteiger charge is -2.21. The molecule has 35 heavy (non-hydrogen) atoms. The first kappa shape index (κ1) is 24.9. The minimum atomic E-state index is -0.611. The molecule has 1 fully saturated rings. The van der Waals surface area contributed by atoms with E-state index in [0.717, 1.165) is 47.2 Å². The van der Waals surface area contributed by atoms with E-state index < -0.39 is 5.91 Å². The normalized spacial score (nSPS) is 15.1. The van der Waals surface area contributed by atoms with Crippen molar-refractivity contribution in [3.8, 4) is 11.6 Å². The first-order chi connectivity index (χ1) is 17.0. The highest BCUT2D eigenvalue weighted by Crippen LogP contribution is 2.40. The second kappa shape index (κ2) is 11.9. The maximum Gasteiger partial charge on any atom is 0.304 e. The van der Waals surface area contributed by atoms with Crippen molar-refractivity contribution in [2.24, 2.45) is 15.4 Å². The number of nitrogens with zero attached hydrogens (tertiary/aromatic N) is 5. The van der Waals surface area contributed by atoms with Crippen molar-refractivity contribution in [2.45, 2.75) is 32.4 Å². The van der Waals surface area contributed by atoms with Crippen LogP contribution in [0.1, 0.15) is 31.2 Å². The summed E-state index contributed by atoms with van der Waals surface area (Å²) in [6.45, 7) is 2.16. The molecule has 0 saturated carbocycles. The average molecular weight is 542 g/mol. The summed E-state index contributed by atoms with van der Waals surface area (Å²) in [6, 6.07) is 12.9. The van der Waals surface area contributed by atoms with E-state index >= 15 is 0 Å². The molecule has 10 heteroatoms. The molecule has 0 radical (unpaired) electrons. The van der Waals surface area contributed by atoms with Crippen LogP contribution < -0.4 is 4.74 Å². The number of likely N-dealkylation sites (tertiary alicyclic amines) is 1. The number of methoxy groups -OCH3 is 1. The fraction of sp³-hybridized carbons (Fsp3) is 0.360. The Hall–Kier alpha value is -3.24. The highest BCUT2D eigenvalue weighted by molar-refractivity contribution is 9.10. The third-order valence-electron chi connectivity index (χ3n) is 5.85. The van der Waals surface area contributed by atoms with E-state index in [1.165, 1.54) is 19.1 Å². The Morgan fingerprint density at radius 1 is 1.11 bits per heavy atom. The zero-order valence-corrected chi connectivity index (χ0v) is 21.1. The molecule has 4 rings (SSSR count). The zero-order valence-electron chi connectivity index (χ0n) is 19.6. The molecule has 0 bridgehead atoms. The van der Waals surface area contributed by atoms with Crippen molar-refractivity contribution >= 4 is 44.6 Å². The van der Waals surface area contributed by atoms with Crippen LogP contribution in [0.4, 0.5) is 5.69 Å². The number of carbonyl (C=O) groups is 1. The number of aromatic nitrogens is 1. The van der Waals surface area contributed by atoms with Crippen LogP contribution in [0.2, 0.25) is 0 Å². The predicted molar refractivity (Wildman–Crippen MR) is 137 cm³/mol. The van der Waals surface area contributed by atoms with Gasteiger partial charge in [-0.3, -0.25) is 14.3 Å². The lowest BCUT2D eigenvalue weighted by atomic mass is 10.2. The molecule has 184 valence electrons. The highest BCUT2D eigenvalue weighted by Gasteiger charge is 2.20. The number of hydrogen-bond donors (Lipinski definition) is 1. The molecule has 1 aliphatic heterocycles. The molecular weight excluding hydrogens is 514 g/mol. The van der Waals surface area contributed by atoms with Gasteiger partial charge in [-0.2, -0.15) is 0 Å². The molecule has 2 aromatic carbocycles. The SMILES string of the molecule is COc1ccc(C=NOCC(=O)N=Nc2c(O)n(CN3CCCCCC3)c3ccc(Br)cc23)cc1. The van der Waals surface area contributed by atoms with Gasteiger partial charge >= 0.3 is 5.91 Å². The van der Waals surface area contributed by atoms with E-state index in [4.69, 9.17) is 9.57 Å². The third-order valence-corrected chi connectivity index (χ3v) is 6.35. The topological polar surface area (TPSA) is 101 Å². The van der Waals surface area contributed by atoms with Crippen LogP contribution in [0.15, 0.2) is 62.3 Å². The monoisotopic (exact) mass is 541 g/mol. The number of ether oxygens (including phenoxy) is 1. The quantitative estimate of drug-likeness (QED) is 0.227. The molecule has 0 atom stereocenters. The van der Waals surface area contributed by atoms with Crippen LogP contribution in [-0.2, 0) is 16.3 Å². The third kappa shape index (κ3) is 6.46. The van der Waals surface area contributed by atoms with E-state index in [-0.39, 0.29) is 18.2 Å². The van der Waals surface area contributed by atoms with Gasteiger partial charge in [0.05, 0.1) is 25.5 Å². The van der Waals surface area contributed by atoms with Crippen molar-refractivity contribution in [2.75, 3.05) is 26.8 Å². The van der Waals surface area contributed by atoms with Gasteiger partial charge < -0.3 is 14.7 Å². The number of fused-ring (bicyclic) bond motifs is 1. The highest BCUT2D eigenvalue weighted by atomic mass is 79.9. The fourth-order valence-corrected chi connectivity index (χ4v) is 4.39. The van der Waals surface area contributed by atoms with Crippen molar-refractivity contribution in [3.05, 3.63) is 52.5 Å². The van der Waals surface area contributed by atoms with Gasteiger partial charge in [-0.1, -0.05) is 33.9 Å². The van der Waals surface area contributed by atoms with Gasteiger partial charge in [-0.15, -0.1) is 10.2 Å².